The molecule has 0 unspecified atom stereocenters. The lowest BCUT2D eigenvalue weighted by Gasteiger charge is -2.27. The number of hydrogen-bond donors (Lipinski definition) is 9. The van der Waals surface area contributed by atoms with E-state index in [-0.39, 0.29) is 25.0 Å². The Morgan fingerprint density at radius 1 is 0.680 bits per heavy atom. The van der Waals surface area contributed by atoms with Gasteiger partial charge < -0.3 is 52.7 Å². The minimum Gasteiger partial charge on any atom is -0.508 e. The first-order valence-electron chi connectivity index (χ1n) is 16.3. The molecule has 2 aromatic rings. The summed E-state index contributed by atoms with van der Waals surface area (Å²) < 4.78 is 0.673. The number of aliphatic hydroxyl groups is 1. The van der Waals surface area contributed by atoms with Crippen LogP contribution in [0.1, 0.15) is 37.3 Å². The van der Waals surface area contributed by atoms with Gasteiger partial charge in [0.15, 0.2) is 6.17 Å². The van der Waals surface area contributed by atoms with Crippen molar-refractivity contribution in [2.24, 2.45) is 11.5 Å². The number of primary amides is 1. The number of hydrogen-bond acceptors (Lipinski definition) is 9. The summed E-state index contributed by atoms with van der Waals surface area (Å²) in [6, 6.07) is 9.85. The van der Waals surface area contributed by atoms with Gasteiger partial charge in [0.05, 0.1) is 34.3 Å². The van der Waals surface area contributed by atoms with E-state index in [2.05, 4.69) is 26.6 Å². The van der Waals surface area contributed by atoms with Gasteiger partial charge in [0, 0.05) is 19.8 Å². The maximum Gasteiger partial charge on any atom is 0.258 e. The molecule has 0 aliphatic heterocycles. The molecule has 0 heterocycles. The summed E-state index contributed by atoms with van der Waals surface area (Å²) in [6.45, 7) is 1.28. The summed E-state index contributed by atoms with van der Waals surface area (Å²) in [7, 11) is 6.03. The minimum absolute atomic E-state index is 0.0220. The van der Waals surface area contributed by atoms with E-state index in [0.717, 1.165) is 12.1 Å². The molecule has 0 bridgehead atoms. The number of phenolic OH excluding ortho intramolecular Hbond substituents is 1. The number of amides is 6. The molecule has 16 nitrogen and oxygen atoms in total. The molecule has 0 fully saturated rings. The molecule has 2 rings (SSSR count). The number of unbranched alkanes of at least 4 members (excludes halogenated alkanes) is 1. The average molecular weight is 700 g/mol. The second kappa shape index (κ2) is 19.8. The van der Waals surface area contributed by atoms with E-state index >= 15 is 0 Å². The molecule has 274 valence electrons. The van der Waals surface area contributed by atoms with Crippen molar-refractivity contribution in [1.82, 2.24) is 26.6 Å². The zero-order chi connectivity index (χ0) is 37.4. The zero-order valence-corrected chi connectivity index (χ0v) is 29.0. The minimum atomic E-state index is -1.64. The molecule has 0 aromatic heterocycles. The topological polar surface area (TPSA) is 255 Å². The molecule has 0 saturated heterocycles. The molecule has 0 spiro atoms. The molecular weight excluding hydrogens is 648 g/mol. The average Bonchev–Trinajstić information content (AvgIpc) is 3.04. The lowest BCUT2D eigenvalue weighted by molar-refractivity contribution is -0.870. The van der Waals surface area contributed by atoms with Gasteiger partial charge in [0.1, 0.15) is 29.9 Å². The molecule has 50 heavy (non-hydrogen) atoms. The Morgan fingerprint density at radius 2 is 1.18 bits per heavy atom. The number of nitrogens with one attached hydrogen (secondary N) is 5. The van der Waals surface area contributed by atoms with Crippen LogP contribution in [0.3, 0.4) is 0 Å². The Kier molecular flexibility index (Phi) is 16.3. The number of phenols is 1. The van der Waals surface area contributed by atoms with Crippen LogP contribution in [0.4, 0.5) is 0 Å². The molecule has 11 N–H and O–H groups in total. The number of quaternary nitrogens is 1. The Balaban J connectivity index is 2.27. The maximum absolute atomic E-state index is 13.7. The van der Waals surface area contributed by atoms with Gasteiger partial charge >= 0.3 is 0 Å². The van der Waals surface area contributed by atoms with Gasteiger partial charge in [-0.1, -0.05) is 42.5 Å². The number of aliphatic hydroxyl groups excluding tert-OH is 1. The van der Waals surface area contributed by atoms with Crippen LogP contribution in [-0.2, 0) is 41.6 Å². The molecule has 0 aliphatic rings. The van der Waals surface area contributed by atoms with Crippen molar-refractivity contribution in [1.29, 1.82) is 0 Å². The number of carbonyl (C=O) groups excluding carboxylic acids is 6. The SMILES string of the molecule is CC(=O)N[C@@H](Cc1ccccc1)C(=O)N[C@@H](N)C(=O)N[C@@H](Cc1ccc(O)cc1)C(=O)N[C@@H](CCCC[N+](C)(C)C)C(=O)N[C@@H](CO)C(N)=O. The summed E-state index contributed by atoms with van der Waals surface area (Å²) in [5.41, 5.74) is 12.6. The van der Waals surface area contributed by atoms with Gasteiger partial charge in [-0.2, -0.15) is 0 Å². The van der Waals surface area contributed by atoms with Gasteiger partial charge in [-0.3, -0.25) is 28.8 Å². The lowest BCUT2D eigenvalue weighted by atomic mass is 10.0. The molecule has 6 amide bonds. The maximum atomic E-state index is 13.7. The monoisotopic (exact) mass is 699 g/mol. The van der Waals surface area contributed by atoms with Crippen LogP contribution in [0.5, 0.6) is 5.75 Å². The fraction of sp³-hybridized carbons (Fsp3) is 0.471. The van der Waals surface area contributed by atoms with Crippen LogP contribution in [0, 0.1) is 0 Å². The number of nitrogens with zero attached hydrogens (tertiary/aromatic N) is 1. The number of rotatable bonds is 20. The van der Waals surface area contributed by atoms with E-state index in [9.17, 15) is 39.0 Å². The normalized spacial score (nSPS) is 14.2. The van der Waals surface area contributed by atoms with Crippen LogP contribution in [0.25, 0.3) is 0 Å². The summed E-state index contributed by atoms with van der Waals surface area (Å²) in [6.07, 6.45) is -0.238. The molecule has 0 radical (unpaired) electrons. The molecule has 0 saturated carbocycles. The predicted molar refractivity (Wildman–Crippen MR) is 185 cm³/mol. The highest BCUT2D eigenvalue weighted by Crippen LogP contribution is 2.13. The van der Waals surface area contributed by atoms with Gasteiger partial charge in [-0.05, 0) is 42.5 Å². The highest BCUT2D eigenvalue weighted by atomic mass is 16.3. The highest BCUT2D eigenvalue weighted by molar-refractivity contribution is 5.96. The Hall–Kier alpha value is -5.06. The first-order valence-corrected chi connectivity index (χ1v) is 16.3. The molecule has 5 atom stereocenters. The van der Waals surface area contributed by atoms with Gasteiger partial charge in [-0.25, -0.2) is 0 Å². The smallest absolute Gasteiger partial charge is 0.258 e. The molecule has 0 aliphatic carbocycles. The standard InChI is InChI=1S/C34H50N8O8/c1-21(44)37-26(18-22-10-6-5-7-11-22)33(49)41-29(35)34(50)39-27(19-23-13-15-24(45)16-14-23)32(48)38-25(12-8-9-17-42(2,3)4)31(47)40-28(20-43)30(36)46/h5-7,10-11,13-16,25-29,43H,8-9,12,17-20,35H2,1-4H3,(H7-,36,37,38,39,40,41,44,45,46,47,48,49,50)/p+1/t25-,26-,27-,28-,29+/m0/s1. The zero-order valence-electron chi connectivity index (χ0n) is 29.0. The van der Waals surface area contributed by atoms with Gasteiger partial charge in [0.2, 0.25) is 29.5 Å². The van der Waals surface area contributed by atoms with Gasteiger partial charge in [0.25, 0.3) is 5.91 Å². The van der Waals surface area contributed by atoms with E-state index in [4.69, 9.17) is 11.5 Å². The molecular formula is C34H51N8O8+. The molecule has 16 heteroatoms. The van der Waals surface area contributed by atoms with E-state index in [1.54, 1.807) is 42.5 Å². The van der Waals surface area contributed by atoms with Crippen molar-refractivity contribution < 1.29 is 43.5 Å². The fourth-order valence-electron chi connectivity index (χ4n) is 4.92. The third-order valence-electron chi connectivity index (χ3n) is 7.61. The van der Waals surface area contributed by atoms with Crippen LogP contribution < -0.4 is 38.1 Å². The largest absolute Gasteiger partial charge is 0.508 e. The predicted octanol–water partition coefficient (Wildman–Crippen LogP) is -2.11. The van der Waals surface area contributed by atoms with E-state index in [0.29, 0.717) is 22.9 Å². The third-order valence-corrected chi connectivity index (χ3v) is 7.61. The van der Waals surface area contributed by atoms with E-state index in [1.807, 2.05) is 21.1 Å². The number of aromatic hydroxyl groups is 1. The van der Waals surface area contributed by atoms with Crippen molar-refractivity contribution in [2.45, 2.75) is 69.4 Å². The summed E-state index contributed by atoms with van der Waals surface area (Å²) in [5, 5.41) is 31.7. The van der Waals surface area contributed by atoms with E-state index < -0.39 is 72.4 Å². The van der Waals surface area contributed by atoms with Crippen LogP contribution in [0.15, 0.2) is 54.6 Å². The van der Waals surface area contributed by atoms with Crippen molar-refractivity contribution in [2.75, 3.05) is 34.3 Å². The number of benzene rings is 2. The van der Waals surface area contributed by atoms with Crippen molar-refractivity contribution in [3.8, 4) is 5.75 Å². The van der Waals surface area contributed by atoms with Gasteiger partial charge in [-0.15, -0.1) is 0 Å². The van der Waals surface area contributed by atoms with Crippen LogP contribution in [0.2, 0.25) is 0 Å². The highest BCUT2D eigenvalue weighted by Gasteiger charge is 2.31. The fourth-order valence-corrected chi connectivity index (χ4v) is 4.92. The lowest BCUT2D eigenvalue weighted by Crippen LogP contribution is -2.61. The Bertz CT molecular complexity index is 1450. The molecule has 2 aromatic carbocycles. The number of carbonyl (C=O) groups is 6. The van der Waals surface area contributed by atoms with Crippen molar-refractivity contribution in [3.05, 3.63) is 65.7 Å². The second-order valence-electron chi connectivity index (χ2n) is 13.1. The van der Waals surface area contributed by atoms with E-state index in [1.165, 1.54) is 19.1 Å². The van der Waals surface area contributed by atoms with Crippen molar-refractivity contribution >= 4 is 35.4 Å². The summed E-state index contributed by atoms with van der Waals surface area (Å²) in [4.78, 5) is 76.9. The third kappa shape index (κ3) is 15.0. The summed E-state index contributed by atoms with van der Waals surface area (Å²) >= 11 is 0. The van der Waals surface area contributed by atoms with Crippen molar-refractivity contribution in [3.63, 3.8) is 0 Å². The quantitative estimate of drug-likeness (QED) is 0.0416. The first kappa shape index (κ1) is 41.1. The first-order chi connectivity index (χ1) is 23.5. The Morgan fingerprint density at radius 3 is 1.72 bits per heavy atom. The second-order valence-corrected chi connectivity index (χ2v) is 13.1. The summed E-state index contributed by atoms with van der Waals surface area (Å²) in [5.74, 6) is -4.66. The number of nitrogens with two attached hydrogens (primary N) is 2. The Labute approximate surface area is 291 Å². The van der Waals surface area contributed by atoms with Crippen LogP contribution >= 0.6 is 0 Å². The van der Waals surface area contributed by atoms with Crippen LogP contribution in [-0.4, -0.2) is 115 Å².